The molecule has 1 N–H and O–H groups in total. The molecule has 1 atom stereocenters. The maximum atomic E-state index is 5.82. The Kier molecular flexibility index (Phi) is 3.69. The van der Waals surface area contributed by atoms with Gasteiger partial charge in [-0.1, -0.05) is 12.8 Å². The van der Waals surface area contributed by atoms with E-state index in [0.29, 0.717) is 5.95 Å². The molecule has 0 aliphatic heterocycles. The largest absolute Gasteiger partial charge is 0.340 e. The Balaban J connectivity index is 2.30. The van der Waals surface area contributed by atoms with Crippen molar-refractivity contribution in [3.63, 3.8) is 0 Å². The Bertz CT molecular complexity index is 560. The molecule has 92 valence electrons. The van der Waals surface area contributed by atoms with Crippen LogP contribution in [0.1, 0.15) is 13.3 Å². The third-order valence-corrected chi connectivity index (χ3v) is 2.30. The monoisotopic (exact) mass is 263 g/mol. The summed E-state index contributed by atoms with van der Waals surface area (Å²) in [5.41, 5.74) is 0. The lowest BCUT2D eigenvalue weighted by Gasteiger charge is -2.10. The molecule has 1 unspecified atom stereocenters. The Morgan fingerprint density at radius 2 is 2.33 bits per heavy atom. The summed E-state index contributed by atoms with van der Waals surface area (Å²) in [5.74, 6) is 3.17. The molecule has 7 nitrogen and oxygen atoms in total. The second kappa shape index (κ2) is 5.42. The van der Waals surface area contributed by atoms with Gasteiger partial charge in [-0.25, -0.2) is 4.98 Å². The summed E-state index contributed by atoms with van der Waals surface area (Å²) in [5, 5.41) is 6.95. The molecule has 0 bridgehead atoms. The summed E-state index contributed by atoms with van der Waals surface area (Å²) in [6.07, 6.45) is 8.95. The van der Waals surface area contributed by atoms with Gasteiger partial charge in [-0.05, 0) is 18.0 Å². The number of hydrogen-bond donors (Lipinski definition) is 1. The second-order valence-corrected chi connectivity index (χ2v) is 3.68. The number of nitrogens with one attached hydrogen (secondary N) is 1. The number of halogens is 1. The van der Waals surface area contributed by atoms with Crippen LogP contribution in [0.4, 0.5) is 5.95 Å². The number of hydrogen-bond acceptors (Lipinski definition) is 6. The van der Waals surface area contributed by atoms with E-state index >= 15 is 0 Å². The van der Waals surface area contributed by atoms with Gasteiger partial charge in [0.05, 0.1) is 6.04 Å². The van der Waals surface area contributed by atoms with Gasteiger partial charge in [-0.15, -0.1) is 6.42 Å². The highest BCUT2D eigenvalue weighted by molar-refractivity contribution is 6.28. The molecule has 2 aromatic heterocycles. The lowest BCUT2D eigenvalue weighted by molar-refractivity contribution is 0.781. The number of rotatable bonds is 4. The van der Waals surface area contributed by atoms with Crippen LogP contribution in [0, 0.1) is 12.3 Å². The number of anilines is 1. The Morgan fingerprint density at radius 3 is 2.94 bits per heavy atom. The van der Waals surface area contributed by atoms with Crippen LogP contribution in [0.3, 0.4) is 0 Å². The zero-order valence-electron chi connectivity index (χ0n) is 9.58. The number of aromatic nitrogens is 6. The Labute approximate surface area is 109 Å². The molecule has 0 aliphatic carbocycles. The van der Waals surface area contributed by atoms with Gasteiger partial charge < -0.3 is 5.32 Å². The first-order chi connectivity index (χ1) is 8.72. The van der Waals surface area contributed by atoms with Gasteiger partial charge in [0.2, 0.25) is 11.2 Å². The summed E-state index contributed by atoms with van der Waals surface area (Å²) in [6.45, 7) is 1.96. The molecule has 18 heavy (non-hydrogen) atoms. The molecule has 8 heteroatoms. The smallest absolute Gasteiger partial charge is 0.258 e. The molecule has 0 fully saturated rings. The molecule has 2 heterocycles. The number of nitrogens with zero attached hydrogens (tertiary/aromatic N) is 6. The molecule has 0 radical (unpaired) electrons. The maximum Gasteiger partial charge on any atom is 0.258 e. The highest BCUT2D eigenvalue weighted by Crippen LogP contribution is 2.10. The van der Waals surface area contributed by atoms with Gasteiger partial charge in [0, 0.05) is 0 Å². The standard InChI is InChI=1S/C10H10ClN7/c1-3-7(4-2)14-9-15-8(11)16-10(17-9)18-6-12-5-13-18/h1,5-7H,4H2,2H3,(H,14,15,16,17). The molecule has 0 spiro atoms. The molecule has 0 saturated carbocycles. The van der Waals surface area contributed by atoms with Gasteiger partial charge in [-0.3, -0.25) is 0 Å². The van der Waals surface area contributed by atoms with Crippen LogP contribution in [0.2, 0.25) is 5.28 Å². The predicted molar refractivity (Wildman–Crippen MR) is 66.3 cm³/mol. The summed E-state index contributed by atoms with van der Waals surface area (Å²) in [6, 6.07) is -0.160. The van der Waals surface area contributed by atoms with Gasteiger partial charge in [-0.2, -0.15) is 24.7 Å². The summed E-state index contributed by atoms with van der Waals surface area (Å²) in [7, 11) is 0. The van der Waals surface area contributed by atoms with E-state index in [1.54, 1.807) is 0 Å². The van der Waals surface area contributed by atoms with Crippen molar-refractivity contribution in [3.8, 4) is 18.3 Å². The minimum absolute atomic E-state index is 0.0601. The fourth-order valence-corrected chi connectivity index (χ4v) is 1.39. The van der Waals surface area contributed by atoms with Crippen molar-refractivity contribution in [3.05, 3.63) is 17.9 Å². The van der Waals surface area contributed by atoms with Gasteiger partial charge in [0.15, 0.2) is 0 Å². The van der Waals surface area contributed by atoms with Crippen LogP contribution >= 0.6 is 11.6 Å². The summed E-state index contributed by atoms with van der Waals surface area (Å²) < 4.78 is 1.38. The molecule has 0 aliphatic rings. The fourth-order valence-electron chi connectivity index (χ4n) is 1.24. The molecule has 2 aromatic rings. The first-order valence-electron chi connectivity index (χ1n) is 5.22. The van der Waals surface area contributed by atoms with E-state index < -0.39 is 0 Å². The zero-order chi connectivity index (χ0) is 13.0. The first kappa shape index (κ1) is 12.3. The number of terminal acetylenes is 1. The normalized spacial score (nSPS) is 11.8. The predicted octanol–water partition coefficient (Wildman–Crippen LogP) is 0.929. The van der Waals surface area contributed by atoms with Crippen LogP contribution in [0.15, 0.2) is 12.7 Å². The highest BCUT2D eigenvalue weighted by Gasteiger charge is 2.09. The molecule has 0 amide bonds. The maximum absolute atomic E-state index is 5.82. The van der Waals surface area contributed by atoms with Crippen molar-refractivity contribution in [1.82, 2.24) is 29.7 Å². The minimum Gasteiger partial charge on any atom is -0.340 e. The molecular formula is C10H10ClN7. The summed E-state index contributed by atoms with van der Waals surface area (Å²) >= 11 is 5.82. The van der Waals surface area contributed by atoms with E-state index in [-0.39, 0.29) is 17.3 Å². The fraction of sp³-hybridized carbons (Fsp3) is 0.300. The van der Waals surface area contributed by atoms with E-state index in [1.165, 1.54) is 17.3 Å². The zero-order valence-corrected chi connectivity index (χ0v) is 10.3. The topological polar surface area (TPSA) is 81.4 Å². The Hall–Kier alpha value is -2.20. The minimum atomic E-state index is -0.160. The van der Waals surface area contributed by atoms with Crippen molar-refractivity contribution in [2.45, 2.75) is 19.4 Å². The van der Waals surface area contributed by atoms with Crippen LogP contribution in [-0.2, 0) is 0 Å². The third kappa shape index (κ3) is 2.73. The average Bonchev–Trinajstić information content (AvgIpc) is 2.89. The van der Waals surface area contributed by atoms with Crippen LogP contribution < -0.4 is 5.32 Å². The van der Waals surface area contributed by atoms with Gasteiger partial charge in [0.1, 0.15) is 12.7 Å². The third-order valence-electron chi connectivity index (χ3n) is 2.13. The lowest BCUT2D eigenvalue weighted by atomic mass is 10.2. The average molecular weight is 264 g/mol. The van der Waals surface area contributed by atoms with E-state index in [1.807, 2.05) is 6.92 Å². The highest BCUT2D eigenvalue weighted by atomic mass is 35.5. The quantitative estimate of drug-likeness (QED) is 0.827. The van der Waals surface area contributed by atoms with Crippen molar-refractivity contribution < 1.29 is 0 Å². The van der Waals surface area contributed by atoms with Crippen molar-refractivity contribution in [2.24, 2.45) is 0 Å². The SMILES string of the molecule is C#CC(CC)Nc1nc(Cl)nc(-n2cncn2)n1. The summed E-state index contributed by atoms with van der Waals surface area (Å²) in [4.78, 5) is 15.9. The Morgan fingerprint density at radius 1 is 1.50 bits per heavy atom. The van der Waals surface area contributed by atoms with E-state index in [9.17, 15) is 0 Å². The molecule has 0 aromatic carbocycles. The second-order valence-electron chi connectivity index (χ2n) is 3.34. The van der Waals surface area contributed by atoms with Crippen molar-refractivity contribution >= 4 is 17.5 Å². The molecule has 0 saturated heterocycles. The van der Waals surface area contributed by atoms with E-state index in [4.69, 9.17) is 18.0 Å². The first-order valence-corrected chi connectivity index (χ1v) is 5.60. The molecule has 2 rings (SSSR count). The van der Waals surface area contributed by atoms with Gasteiger partial charge >= 0.3 is 0 Å². The molecular weight excluding hydrogens is 254 g/mol. The van der Waals surface area contributed by atoms with Crippen molar-refractivity contribution in [2.75, 3.05) is 5.32 Å². The van der Waals surface area contributed by atoms with Gasteiger partial charge in [0.25, 0.3) is 5.95 Å². The van der Waals surface area contributed by atoms with Crippen LogP contribution in [-0.4, -0.2) is 35.8 Å². The lowest BCUT2D eigenvalue weighted by Crippen LogP contribution is -2.19. The van der Waals surface area contributed by atoms with Crippen LogP contribution in [0.25, 0.3) is 5.95 Å². The van der Waals surface area contributed by atoms with E-state index in [2.05, 4.69) is 36.3 Å². The van der Waals surface area contributed by atoms with E-state index in [0.717, 1.165) is 6.42 Å². The van der Waals surface area contributed by atoms with Crippen LogP contribution in [0.5, 0.6) is 0 Å². The van der Waals surface area contributed by atoms with Crippen molar-refractivity contribution in [1.29, 1.82) is 0 Å².